The smallest absolute Gasteiger partial charge is 0.306 e. The van der Waals surface area contributed by atoms with Crippen molar-refractivity contribution in [1.82, 2.24) is 0 Å². The van der Waals surface area contributed by atoms with Crippen molar-refractivity contribution in [3.8, 4) is 5.75 Å². The molecule has 0 fully saturated rings. The van der Waals surface area contributed by atoms with Gasteiger partial charge in [-0.05, 0) is 30.2 Å². The van der Waals surface area contributed by atoms with E-state index in [1.807, 2.05) is 36.4 Å². The molecule has 0 bridgehead atoms. The average molecular weight is 327 g/mol. The van der Waals surface area contributed by atoms with E-state index in [0.717, 1.165) is 11.1 Å². The van der Waals surface area contributed by atoms with Gasteiger partial charge in [0.1, 0.15) is 5.75 Å². The fraction of sp³-hybridized carbons (Fsp3) is 0.263. The Kier molecular flexibility index (Phi) is 5.95. The van der Waals surface area contributed by atoms with Gasteiger partial charge in [0.05, 0.1) is 19.4 Å². The molecule has 5 nitrogen and oxygen atoms in total. The van der Waals surface area contributed by atoms with E-state index in [1.54, 1.807) is 26.2 Å². The van der Waals surface area contributed by atoms with Crippen molar-refractivity contribution < 1.29 is 19.4 Å². The van der Waals surface area contributed by atoms with E-state index >= 15 is 0 Å². The van der Waals surface area contributed by atoms with Gasteiger partial charge >= 0.3 is 5.97 Å². The van der Waals surface area contributed by atoms with Gasteiger partial charge in [-0.3, -0.25) is 9.59 Å². The standard InChI is InChI=1S/C19H21NO4/c1-13(19(22)23)11-14-7-9-16(10-8-14)20-18(21)12-15-5-3-4-6-17(15)24-2/h3-10,13H,11-12H2,1-2H3,(H,20,21)(H,22,23). The van der Waals surface area contributed by atoms with E-state index in [1.165, 1.54) is 0 Å². The van der Waals surface area contributed by atoms with Crippen LogP contribution in [0, 0.1) is 5.92 Å². The summed E-state index contributed by atoms with van der Waals surface area (Å²) in [6.45, 7) is 1.67. The zero-order chi connectivity index (χ0) is 17.5. The molecule has 0 spiro atoms. The summed E-state index contributed by atoms with van der Waals surface area (Å²) < 4.78 is 5.24. The van der Waals surface area contributed by atoms with Gasteiger partial charge in [-0.25, -0.2) is 0 Å². The number of rotatable bonds is 7. The van der Waals surface area contributed by atoms with E-state index in [0.29, 0.717) is 17.9 Å². The number of hydrogen-bond donors (Lipinski definition) is 2. The summed E-state index contributed by atoms with van der Waals surface area (Å²) in [7, 11) is 1.58. The molecule has 0 aliphatic carbocycles. The first kappa shape index (κ1) is 17.5. The highest BCUT2D eigenvalue weighted by atomic mass is 16.5. The number of carboxylic acids is 1. The number of carboxylic acid groups (broad SMARTS) is 1. The minimum absolute atomic E-state index is 0.133. The number of hydrogen-bond acceptors (Lipinski definition) is 3. The Morgan fingerprint density at radius 1 is 1.12 bits per heavy atom. The van der Waals surface area contributed by atoms with Crippen LogP contribution in [0.15, 0.2) is 48.5 Å². The molecule has 0 saturated heterocycles. The maximum atomic E-state index is 12.2. The number of aliphatic carboxylic acids is 1. The molecule has 1 atom stereocenters. The lowest BCUT2D eigenvalue weighted by atomic mass is 10.0. The van der Waals surface area contributed by atoms with E-state index in [9.17, 15) is 9.59 Å². The minimum Gasteiger partial charge on any atom is -0.496 e. The third kappa shape index (κ3) is 4.84. The number of amides is 1. The summed E-state index contributed by atoms with van der Waals surface area (Å²) in [6.07, 6.45) is 0.687. The first-order valence-electron chi connectivity index (χ1n) is 7.73. The number of nitrogens with one attached hydrogen (secondary N) is 1. The molecule has 2 N–H and O–H groups in total. The van der Waals surface area contributed by atoms with Gasteiger partial charge in [0.2, 0.25) is 5.91 Å². The summed E-state index contributed by atoms with van der Waals surface area (Å²) in [5.74, 6) is -0.697. The molecular weight excluding hydrogens is 306 g/mol. The first-order valence-corrected chi connectivity index (χ1v) is 7.73. The van der Waals surface area contributed by atoms with E-state index in [-0.39, 0.29) is 12.3 Å². The Hall–Kier alpha value is -2.82. The minimum atomic E-state index is -0.816. The summed E-state index contributed by atoms with van der Waals surface area (Å²) in [5.41, 5.74) is 2.43. The van der Waals surface area contributed by atoms with Crippen LogP contribution < -0.4 is 10.1 Å². The maximum absolute atomic E-state index is 12.2. The Labute approximate surface area is 141 Å². The largest absolute Gasteiger partial charge is 0.496 e. The van der Waals surface area contributed by atoms with Crippen molar-refractivity contribution >= 4 is 17.6 Å². The van der Waals surface area contributed by atoms with Gasteiger partial charge < -0.3 is 15.2 Å². The monoisotopic (exact) mass is 327 g/mol. The van der Waals surface area contributed by atoms with Crippen LogP contribution >= 0.6 is 0 Å². The molecule has 0 saturated carbocycles. The van der Waals surface area contributed by atoms with Crippen LogP contribution in [0.4, 0.5) is 5.69 Å². The molecule has 0 aliphatic rings. The molecule has 0 heterocycles. The second-order valence-electron chi connectivity index (χ2n) is 5.68. The molecular formula is C19H21NO4. The highest BCUT2D eigenvalue weighted by molar-refractivity contribution is 5.92. The molecule has 0 radical (unpaired) electrons. The Bertz CT molecular complexity index is 710. The van der Waals surface area contributed by atoms with Crippen molar-refractivity contribution in [3.63, 3.8) is 0 Å². The second-order valence-corrected chi connectivity index (χ2v) is 5.68. The van der Waals surface area contributed by atoms with Gasteiger partial charge in [0, 0.05) is 11.3 Å². The normalized spacial score (nSPS) is 11.6. The molecule has 24 heavy (non-hydrogen) atoms. The van der Waals surface area contributed by atoms with Gasteiger partial charge in [0.25, 0.3) is 0 Å². The molecule has 0 aliphatic heterocycles. The highest BCUT2D eigenvalue weighted by Crippen LogP contribution is 2.19. The summed E-state index contributed by atoms with van der Waals surface area (Å²) in [5, 5.41) is 11.8. The number of para-hydroxylation sites is 1. The van der Waals surface area contributed by atoms with Gasteiger partial charge in [-0.1, -0.05) is 37.3 Å². The van der Waals surface area contributed by atoms with Crippen LogP contribution in [0.3, 0.4) is 0 Å². The zero-order valence-corrected chi connectivity index (χ0v) is 13.8. The lowest BCUT2D eigenvalue weighted by molar-refractivity contribution is -0.141. The number of methoxy groups -OCH3 is 1. The van der Waals surface area contributed by atoms with Crippen molar-refractivity contribution in [2.75, 3.05) is 12.4 Å². The Morgan fingerprint density at radius 2 is 1.79 bits per heavy atom. The van der Waals surface area contributed by atoms with Gasteiger partial charge in [-0.2, -0.15) is 0 Å². The van der Waals surface area contributed by atoms with Crippen LogP contribution in [0.5, 0.6) is 5.75 Å². The van der Waals surface area contributed by atoms with Crippen molar-refractivity contribution in [3.05, 3.63) is 59.7 Å². The maximum Gasteiger partial charge on any atom is 0.306 e. The van der Waals surface area contributed by atoms with Crippen molar-refractivity contribution in [2.24, 2.45) is 5.92 Å². The molecule has 2 rings (SSSR count). The molecule has 1 unspecified atom stereocenters. The molecule has 126 valence electrons. The highest BCUT2D eigenvalue weighted by Gasteiger charge is 2.12. The number of benzene rings is 2. The Balaban J connectivity index is 1.96. The fourth-order valence-electron chi connectivity index (χ4n) is 2.39. The van der Waals surface area contributed by atoms with Gasteiger partial charge in [0.15, 0.2) is 0 Å². The third-order valence-electron chi connectivity index (χ3n) is 3.74. The van der Waals surface area contributed by atoms with Crippen LogP contribution in [-0.2, 0) is 22.4 Å². The van der Waals surface area contributed by atoms with E-state index < -0.39 is 11.9 Å². The van der Waals surface area contributed by atoms with Crippen LogP contribution in [-0.4, -0.2) is 24.1 Å². The molecule has 2 aromatic carbocycles. The summed E-state index contributed by atoms with van der Waals surface area (Å²) in [6, 6.07) is 14.6. The Morgan fingerprint density at radius 3 is 2.42 bits per heavy atom. The van der Waals surface area contributed by atoms with Crippen LogP contribution in [0.1, 0.15) is 18.1 Å². The number of ether oxygens (including phenoxy) is 1. The molecule has 1 amide bonds. The quantitative estimate of drug-likeness (QED) is 0.819. The predicted molar refractivity (Wildman–Crippen MR) is 92.3 cm³/mol. The zero-order valence-electron chi connectivity index (χ0n) is 13.8. The van der Waals surface area contributed by atoms with E-state index in [2.05, 4.69) is 5.32 Å². The summed E-state index contributed by atoms with van der Waals surface area (Å²) in [4.78, 5) is 23.0. The van der Waals surface area contributed by atoms with E-state index in [4.69, 9.17) is 9.84 Å². The van der Waals surface area contributed by atoms with Crippen LogP contribution in [0.25, 0.3) is 0 Å². The lowest BCUT2D eigenvalue weighted by Gasteiger charge is -2.10. The molecule has 2 aromatic rings. The topological polar surface area (TPSA) is 75.6 Å². The second kappa shape index (κ2) is 8.15. The van der Waals surface area contributed by atoms with Crippen molar-refractivity contribution in [2.45, 2.75) is 19.8 Å². The van der Waals surface area contributed by atoms with Gasteiger partial charge in [-0.15, -0.1) is 0 Å². The lowest BCUT2D eigenvalue weighted by Crippen LogP contribution is -2.15. The first-order chi connectivity index (χ1) is 11.5. The molecule has 5 heteroatoms. The van der Waals surface area contributed by atoms with Crippen molar-refractivity contribution in [1.29, 1.82) is 0 Å². The molecule has 0 aromatic heterocycles. The van der Waals surface area contributed by atoms with Crippen LogP contribution in [0.2, 0.25) is 0 Å². The summed E-state index contributed by atoms with van der Waals surface area (Å²) >= 11 is 0. The SMILES string of the molecule is COc1ccccc1CC(=O)Nc1ccc(CC(C)C(=O)O)cc1. The number of carbonyl (C=O) groups is 2. The number of carbonyl (C=O) groups excluding carboxylic acids is 1. The number of anilines is 1. The third-order valence-corrected chi connectivity index (χ3v) is 3.74. The average Bonchev–Trinajstić information content (AvgIpc) is 2.57. The fourth-order valence-corrected chi connectivity index (χ4v) is 2.39. The predicted octanol–water partition coefficient (Wildman–Crippen LogP) is 3.14.